The second-order valence-electron chi connectivity index (χ2n) is 5.31. The highest BCUT2D eigenvalue weighted by Crippen LogP contribution is 2.25. The molecule has 5 heteroatoms. The number of aromatic nitrogens is 3. The molecule has 0 spiro atoms. The SMILES string of the molecule is [2H]C([2H])c1cnc2nc(-c3ccc(C)cc3)c(CC(=O)N(C([2H])[2H])C([2H])[2H])n2c1. The maximum atomic E-state index is 12.7. The summed E-state index contributed by atoms with van der Waals surface area (Å²) in [4.78, 5) is 21.9. The monoisotopic (exact) mass is 314 g/mol. The van der Waals surface area contributed by atoms with Crippen LogP contribution in [-0.2, 0) is 11.2 Å². The summed E-state index contributed by atoms with van der Waals surface area (Å²) in [5.41, 5.74) is 2.95. The Bertz CT molecular complexity index is 1010. The van der Waals surface area contributed by atoms with Crippen molar-refractivity contribution in [1.29, 1.82) is 0 Å². The summed E-state index contributed by atoms with van der Waals surface area (Å²) in [7, 11) is 0. The molecule has 0 radical (unpaired) electrons. The van der Waals surface area contributed by atoms with Crippen molar-refractivity contribution in [2.24, 2.45) is 0 Å². The molecule has 0 unspecified atom stereocenters. The lowest BCUT2D eigenvalue weighted by molar-refractivity contribution is -0.128. The molecule has 0 atom stereocenters. The van der Waals surface area contributed by atoms with Crippen LogP contribution in [0.5, 0.6) is 0 Å². The van der Waals surface area contributed by atoms with Crippen LogP contribution in [0.3, 0.4) is 0 Å². The maximum Gasteiger partial charge on any atom is 0.234 e. The van der Waals surface area contributed by atoms with E-state index in [9.17, 15) is 4.79 Å². The molecule has 0 saturated heterocycles. The van der Waals surface area contributed by atoms with Gasteiger partial charge >= 0.3 is 0 Å². The molecule has 1 amide bonds. The number of benzene rings is 1. The van der Waals surface area contributed by atoms with Gasteiger partial charge in [0.25, 0.3) is 0 Å². The summed E-state index contributed by atoms with van der Waals surface area (Å²) >= 11 is 0. The van der Waals surface area contributed by atoms with Crippen LogP contribution in [0, 0.1) is 13.8 Å². The Morgan fingerprint density at radius 1 is 1.26 bits per heavy atom. The van der Waals surface area contributed by atoms with E-state index in [0.29, 0.717) is 21.9 Å². The summed E-state index contributed by atoms with van der Waals surface area (Å²) in [6.07, 6.45) is 2.60. The Balaban J connectivity index is 2.15. The Hall–Kier alpha value is -2.69. The molecular formula is C18H20N4O. The quantitative estimate of drug-likeness (QED) is 0.747. The second kappa shape index (κ2) is 5.83. The Labute approximate surface area is 144 Å². The van der Waals surface area contributed by atoms with Crippen molar-refractivity contribution in [2.75, 3.05) is 14.0 Å². The summed E-state index contributed by atoms with van der Waals surface area (Å²) in [6, 6.07) is 7.48. The van der Waals surface area contributed by atoms with E-state index in [1.807, 2.05) is 31.2 Å². The first-order valence-electron chi connectivity index (χ1n) is 10.4. The van der Waals surface area contributed by atoms with Crippen LogP contribution in [0.1, 0.15) is 25.0 Å². The summed E-state index contributed by atoms with van der Waals surface area (Å²) in [6.45, 7) is -2.90. The number of hydrogen-bond acceptors (Lipinski definition) is 3. The van der Waals surface area contributed by atoms with Crippen molar-refractivity contribution in [2.45, 2.75) is 20.2 Å². The summed E-state index contributed by atoms with van der Waals surface area (Å²) in [5, 5.41) is 0. The van der Waals surface area contributed by atoms with E-state index < -0.39 is 26.8 Å². The van der Waals surface area contributed by atoms with E-state index in [1.54, 1.807) is 0 Å². The van der Waals surface area contributed by atoms with E-state index in [2.05, 4.69) is 9.97 Å². The lowest BCUT2D eigenvalue weighted by Gasteiger charge is -2.11. The molecule has 0 N–H and O–H groups in total. The van der Waals surface area contributed by atoms with Gasteiger partial charge in [-0.2, -0.15) is 0 Å². The summed E-state index contributed by atoms with van der Waals surface area (Å²) in [5.74, 6) is -0.454. The zero-order valence-electron chi connectivity index (χ0n) is 18.6. The van der Waals surface area contributed by atoms with Crippen LogP contribution in [0.4, 0.5) is 0 Å². The van der Waals surface area contributed by atoms with Crippen LogP contribution < -0.4 is 0 Å². The predicted molar refractivity (Wildman–Crippen MR) is 90.3 cm³/mol. The number of carbonyl (C=O) groups is 1. The molecule has 2 aromatic heterocycles. The first-order valence-corrected chi connectivity index (χ1v) is 6.97. The molecule has 0 bridgehead atoms. The van der Waals surface area contributed by atoms with Crippen LogP contribution in [0.2, 0.25) is 0 Å². The number of fused-ring (bicyclic) bond motifs is 1. The smallest absolute Gasteiger partial charge is 0.234 e. The molecule has 3 rings (SSSR count). The standard InChI is InChI=1S/C18H20N4O/c1-12-5-7-14(8-6-12)17-15(9-16(23)21(3)4)22-11-13(2)10-19-18(22)20-17/h5-8,10-11H,9H2,1-4H3/i2D2,3D2,4D2. The van der Waals surface area contributed by atoms with Gasteiger partial charge < -0.3 is 4.90 Å². The van der Waals surface area contributed by atoms with Gasteiger partial charge in [0, 0.05) is 40.2 Å². The van der Waals surface area contributed by atoms with Gasteiger partial charge in [0.1, 0.15) is 0 Å². The van der Waals surface area contributed by atoms with Gasteiger partial charge in [-0.3, -0.25) is 9.20 Å². The van der Waals surface area contributed by atoms with E-state index in [4.69, 9.17) is 8.22 Å². The number of imidazole rings is 1. The van der Waals surface area contributed by atoms with Gasteiger partial charge in [0.05, 0.1) is 17.8 Å². The number of carbonyl (C=O) groups excluding carboxylic acids is 1. The van der Waals surface area contributed by atoms with E-state index in [0.717, 1.165) is 11.1 Å². The highest BCUT2D eigenvalue weighted by Gasteiger charge is 2.18. The first-order chi connectivity index (χ1) is 13.7. The normalized spacial score (nSPS) is 15.1. The van der Waals surface area contributed by atoms with Crippen LogP contribution >= 0.6 is 0 Å². The molecule has 0 aliphatic heterocycles. The third-order valence-corrected chi connectivity index (χ3v) is 3.53. The number of likely N-dealkylation sites (N-methyl/N-ethyl adjacent to an activating group) is 1. The van der Waals surface area contributed by atoms with E-state index in [-0.39, 0.29) is 12.2 Å². The molecule has 0 saturated carbocycles. The molecule has 0 fully saturated rings. The lowest BCUT2D eigenvalue weighted by Crippen LogP contribution is -2.24. The first kappa shape index (κ1) is 9.45. The average Bonchev–Trinajstić information content (AvgIpc) is 2.99. The maximum absolute atomic E-state index is 12.7. The van der Waals surface area contributed by atoms with Crippen LogP contribution in [0.25, 0.3) is 17.0 Å². The fourth-order valence-electron chi connectivity index (χ4n) is 2.34. The molecule has 23 heavy (non-hydrogen) atoms. The minimum atomic E-state index is -1.79. The highest BCUT2D eigenvalue weighted by molar-refractivity contribution is 5.81. The molecule has 1 aromatic carbocycles. The number of rotatable bonds is 3. The third-order valence-electron chi connectivity index (χ3n) is 3.53. The largest absolute Gasteiger partial charge is 0.348 e. The van der Waals surface area contributed by atoms with Crippen molar-refractivity contribution in [1.82, 2.24) is 19.3 Å². The van der Waals surface area contributed by atoms with E-state index in [1.165, 1.54) is 16.8 Å². The van der Waals surface area contributed by atoms with Gasteiger partial charge in [0.2, 0.25) is 11.7 Å². The van der Waals surface area contributed by atoms with Gasteiger partial charge in [-0.1, -0.05) is 29.8 Å². The molecule has 2 heterocycles. The Morgan fingerprint density at radius 3 is 2.74 bits per heavy atom. The fourth-order valence-corrected chi connectivity index (χ4v) is 2.34. The Morgan fingerprint density at radius 2 is 2.04 bits per heavy atom. The van der Waals surface area contributed by atoms with Crippen molar-refractivity contribution in [3.05, 3.63) is 53.5 Å². The zero-order chi connectivity index (χ0) is 21.3. The number of nitrogens with zero attached hydrogens (tertiary/aromatic N) is 4. The van der Waals surface area contributed by atoms with Gasteiger partial charge in [-0.15, -0.1) is 0 Å². The number of aryl methyl sites for hydroxylation is 2. The lowest BCUT2D eigenvalue weighted by atomic mass is 10.1. The zero-order valence-corrected chi connectivity index (χ0v) is 12.6. The van der Waals surface area contributed by atoms with Crippen molar-refractivity contribution < 1.29 is 13.0 Å². The fraction of sp³-hybridized carbons (Fsp3) is 0.278. The van der Waals surface area contributed by atoms with Crippen LogP contribution in [0.15, 0.2) is 36.7 Å². The Kier molecular flexibility index (Phi) is 2.40. The van der Waals surface area contributed by atoms with E-state index >= 15 is 0 Å². The molecule has 0 aliphatic rings. The average molecular weight is 314 g/mol. The minimum absolute atomic E-state index is 0.279. The molecule has 5 nitrogen and oxygen atoms in total. The van der Waals surface area contributed by atoms with Gasteiger partial charge in [0.15, 0.2) is 0 Å². The summed E-state index contributed by atoms with van der Waals surface area (Å²) < 4.78 is 46.6. The van der Waals surface area contributed by atoms with Crippen molar-refractivity contribution in [3.63, 3.8) is 0 Å². The highest BCUT2D eigenvalue weighted by atomic mass is 16.2. The number of amides is 1. The molecule has 0 aliphatic carbocycles. The molecule has 3 aromatic rings. The van der Waals surface area contributed by atoms with Gasteiger partial charge in [-0.25, -0.2) is 9.97 Å². The third kappa shape index (κ3) is 2.95. The molecule has 118 valence electrons. The predicted octanol–water partition coefficient (Wildman–Crippen LogP) is 2.64. The molecular weight excluding hydrogens is 288 g/mol. The van der Waals surface area contributed by atoms with Gasteiger partial charge in [-0.05, 0) is 19.4 Å². The number of hydrogen-bond donors (Lipinski definition) is 0. The topological polar surface area (TPSA) is 50.5 Å². The minimum Gasteiger partial charge on any atom is -0.348 e. The van der Waals surface area contributed by atoms with Crippen molar-refractivity contribution >= 4 is 11.7 Å². The van der Waals surface area contributed by atoms with Crippen molar-refractivity contribution in [3.8, 4) is 11.3 Å². The second-order valence-corrected chi connectivity index (χ2v) is 5.31. The van der Waals surface area contributed by atoms with Crippen LogP contribution in [-0.4, -0.2) is 39.2 Å².